The van der Waals surface area contributed by atoms with E-state index in [1.165, 1.54) is 26.2 Å². The zero-order valence-corrected chi connectivity index (χ0v) is 14.5. The van der Waals surface area contributed by atoms with Gasteiger partial charge in [-0.05, 0) is 37.9 Å². The molecule has 22 heavy (non-hydrogen) atoms. The van der Waals surface area contributed by atoms with Crippen LogP contribution in [0.3, 0.4) is 0 Å². The number of methoxy groups -OCH3 is 1. The van der Waals surface area contributed by atoms with Crippen LogP contribution in [0.25, 0.3) is 0 Å². The van der Waals surface area contributed by atoms with E-state index in [1.807, 2.05) is 6.92 Å². The van der Waals surface area contributed by atoms with Crippen molar-refractivity contribution in [3.63, 3.8) is 0 Å². The molecular weight excluding hydrogens is 331 g/mol. The van der Waals surface area contributed by atoms with E-state index >= 15 is 0 Å². The van der Waals surface area contributed by atoms with Crippen LogP contribution in [-0.4, -0.2) is 34.7 Å². The third-order valence-corrected chi connectivity index (χ3v) is 5.58. The van der Waals surface area contributed by atoms with Crippen molar-refractivity contribution in [1.29, 1.82) is 0 Å². The number of benzene rings is 1. The molecule has 0 amide bonds. The number of sulfonamides is 1. The highest BCUT2D eigenvalue weighted by molar-refractivity contribution is 7.89. The monoisotopic (exact) mass is 352 g/mol. The Hall–Kier alpha value is -0.890. The molecule has 0 aliphatic carbocycles. The lowest BCUT2D eigenvalue weighted by Gasteiger charge is -2.30. The summed E-state index contributed by atoms with van der Waals surface area (Å²) in [5.74, 6) is -0.362. The molecule has 2 atom stereocenters. The van der Waals surface area contributed by atoms with Gasteiger partial charge in [-0.2, -0.15) is 0 Å². The zero-order valence-electron chi connectivity index (χ0n) is 12.8. The van der Waals surface area contributed by atoms with Crippen LogP contribution in [0.2, 0.25) is 0 Å². The minimum absolute atomic E-state index is 0. The van der Waals surface area contributed by atoms with Gasteiger partial charge in [0.25, 0.3) is 0 Å². The van der Waals surface area contributed by atoms with E-state index in [-0.39, 0.29) is 40.6 Å². The van der Waals surface area contributed by atoms with E-state index in [9.17, 15) is 12.8 Å². The second kappa shape index (κ2) is 7.59. The maximum atomic E-state index is 14.0. The summed E-state index contributed by atoms with van der Waals surface area (Å²) in [5.41, 5.74) is 0.0678. The van der Waals surface area contributed by atoms with Crippen LogP contribution in [0.5, 0.6) is 5.75 Å². The van der Waals surface area contributed by atoms with Crippen molar-refractivity contribution in [2.45, 2.75) is 31.2 Å². The smallest absolute Gasteiger partial charge is 0.241 e. The average Bonchev–Trinajstić information content (AvgIpc) is 2.44. The maximum absolute atomic E-state index is 14.0. The minimum Gasteiger partial charge on any atom is -0.494 e. The second-order valence-corrected chi connectivity index (χ2v) is 7.09. The third kappa shape index (κ3) is 3.90. The number of ether oxygens (including phenoxy) is 1. The number of hydrogen-bond donors (Lipinski definition) is 2. The fraction of sp³-hybridized carbons (Fsp3) is 0.571. The first-order chi connectivity index (χ1) is 9.86. The largest absolute Gasteiger partial charge is 0.494 e. The quantitative estimate of drug-likeness (QED) is 0.867. The highest BCUT2D eigenvalue weighted by Crippen LogP contribution is 2.26. The lowest BCUT2D eigenvalue weighted by atomic mass is 9.96. The first-order valence-corrected chi connectivity index (χ1v) is 8.41. The SMILES string of the molecule is COc1ccc(S(=O)(=O)NC2CNCCC2C)c(C)c1F.Cl. The molecule has 126 valence electrons. The van der Waals surface area contributed by atoms with Gasteiger partial charge >= 0.3 is 0 Å². The van der Waals surface area contributed by atoms with E-state index in [2.05, 4.69) is 10.0 Å². The van der Waals surface area contributed by atoms with Crippen LogP contribution in [0.15, 0.2) is 17.0 Å². The summed E-state index contributed by atoms with van der Waals surface area (Å²) in [6.07, 6.45) is 0.906. The molecule has 5 nitrogen and oxygen atoms in total. The maximum Gasteiger partial charge on any atom is 0.241 e. The Morgan fingerprint density at radius 1 is 1.41 bits per heavy atom. The van der Waals surface area contributed by atoms with E-state index in [0.29, 0.717) is 6.54 Å². The molecule has 0 bridgehead atoms. The lowest BCUT2D eigenvalue weighted by Crippen LogP contribution is -2.50. The minimum atomic E-state index is -3.76. The standard InChI is InChI=1S/C14H21FN2O3S.ClH/c1-9-6-7-16-8-11(9)17-21(18,19)13-5-4-12(20-3)14(15)10(13)2;/h4-5,9,11,16-17H,6-8H2,1-3H3;1H. The number of halogens is 2. The Morgan fingerprint density at radius 2 is 2.09 bits per heavy atom. The molecule has 2 N–H and O–H groups in total. The molecule has 2 unspecified atom stereocenters. The summed E-state index contributed by atoms with van der Waals surface area (Å²) in [5, 5.41) is 3.16. The normalized spacial score (nSPS) is 22.0. The van der Waals surface area contributed by atoms with Crippen molar-refractivity contribution in [3.05, 3.63) is 23.5 Å². The first kappa shape index (κ1) is 19.2. The molecule has 1 aliphatic rings. The molecule has 8 heteroatoms. The molecule has 1 aromatic carbocycles. The average molecular weight is 353 g/mol. The van der Waals surface area contributed by atoms with Crippen molar-refractivity contribution in [2.24, 2.45) is 5.92 Å². The zero-order chi connectivity index (χ0) is 15.6. The highest BCUT2D eigenvalue weighted by atomic mass is 35.5. The molecule has 1 fully saturated rings. The fourth-order valence-corrected chi connectivity index (χ4v) is 4.08. The summed E-state index contributed by atoms with van der Waals surface area (Å²) < 4.78 is 46.5. The summed E-state index contributed by atoms with van der Waals surface area (Å²) in [4.78, 5) is -0.0430. The predicted molar refractivity (Wildman–Crippen MR) is 85.7 cm³/mol. The molecule has 1 aromatic rings. The number of nitrogens with one attached hydrogen (secondary N) is 2. The van der Waals surface area contributed by atoms with Gasteiger partial charge in [-0.1, -0.05) is 6.92 Å². The van der Waals surface area contributed by atoms with Crippen LogP contribution in [0.4, 0.5) is 4.39 Å². The van der Waals surface area contributed by atoms with Gasteiger partial charge in [0, 0.05) is 18.2 Å². The van der Waals surface area contributed by atoms with Crippen molar-refractivity contribution in [3.8, 4) is 5.75 Å². The highest BCUT2D eigenvalue weighted by Gasteiger charge is 2.28. The lowest BCUT2D eigenvalue weighted by molar-refractivity contribution is 0.327. The molecular formula is C14H22ClFN2O3S. The van der Waals surface area contributed by atoms with E-state index < -0.39 is 15.8 Å². The van der Waals surface area contributed by atoms with Crippen LogP contribution in [-0.2, 0) is 10.0 Å². The molecule has 1 aliphatic heterocycles. The van der Waals surface area contributed by atoms with E-state index in [4.69, 9.17) is 4.74 Å². The molecule has 1 saturated heterocycles. The van der Waals surface area contributed by atoms with E-state index in [0.717, 1.165) is 13.0 Å². The van der Waals surface area contributed by atoms with Crippen molar-refractivity contribution < 1.29 is 17.5 Å². The van der Waals surface area contributed by atoms with Crippen LogP contribution < -0.4 is 14.8 Å². The van der Waals surface area contributed by atoms with Crippen LogP contribution in [0.1, 0.15) is 18.9 Å². The molecule has 1 heterocycles. The van der Waals surface area contributed by atoms with Gasteiger partial charge in [-0.25, -0.2) is 17.5 Å². The van der Waals surface area contributed by atoms with Gasteiger partial charge in [0.15, 0.2) is 11.6 Å². The molecule has 2 rings (SSSR count). The first-order valence-electron chi connectivity index (χ1n) is 6.93. The van der Waals surface area contributed by atoms with Gasteiger partial charge in [0.2, 0.25) is 10.0 Å². The van der Waals surface area contributed by atoms with Gasteiger partial charge < -0.3 is 10.1 Å². The molecule has 0 radical (unpaired) electrons. The van der Waals surface area contributed by atoms with Gasteiger partial charge in [-0.15, -0.1) is 12.4 Å². The second-order valence-electron chi connectivity index (χ2n) is 5.40. The van der Waals surface area contributed by atoms with E-state index in [1.54, 1.807) is 0 Å². The Kier molecular flexibility index (Phi) is 6.61. The molecule has 0 saturated carbocycles. The Labute approximate surface area is 137 Å². The predicted octanol–water partition coefficient (Wildman–Crippen LogP) is 1.84. The van der Waals surface area contributed by atoms with Gasteiger partial charge in [-0.3, -0.25) is 0 Å². The van der Waals surface area contributed by atoms with Gasteiger partial charge in [0.05, 0.1) is 12.0 Å². The summed E-state index contributed by atoms with van der Waals surface area (Å²) in [7, 11) is -2.41. The number of hydrogen-bond acceptors (Lipinski definition) is 4. The Morgan fingerprint density at radius 3 is 2.68 bits per heavy atom. The van der Waals surface area contributed by atoms with Crippen molar-refractivity contribution in [2.75, 3.05) is 20.2 Å². The molecule has 0 aromatic heterocycles. The Bertz CT molecular complexity index is 625. The fourth-order valence-electron chi connectivity index (χ4n) is 2.50. The van der Waals surface area contributed by atoms with Crippen molar-refractivity contribution >= 4 is 22.4 Å². The third-order valence-electron chi connectivity index (χ3n) is 3.94. The summed E-state index contributed by atoms with van der Waals surface area (Å²) in [6, 6.07) is 2.52. The number of rotatable bonds is 4. The molecule has 0 spiro atoms. The number of piperidine rings is 1. The topological polar surface area (TPSA) is 67.4 Å². The van der Waals surface area contributed by atoms with Crippen LogP contribution in [0, 0.1) is 18.7 Å². The summed E-state index contributed by atoms with van der Waals surface area (Å²) >= 11 is 0. The van der Waals surface area contributed by atoms with Crippen LogP contribution >= 0.6 is 12.4 Å². The summed E-state index contributed by atoms with van der Waals surface area (Å²) in [6.45, 7) is 4.91. The van der Waals surface area contributed by atoms with Gasteiger partial charge in [0.1, 0.15) is 0 Å². The van der Waals surface area contributed by atoms with Crippen molar-refractivity contribution in [1.82, 2.24) is 10.0 Å². The Balaban J connectivity index is 0.00000242.